The van der Waals surface area contributed by atoms with E-state index in [1.54, 1.807) is 17.4 Å². The van der Waals surface area contributed by atoms with Crippen molar-refractivity contribution in [1.82, 2.24) is 15.4 Å². The van der Waals surface area contributed by atoms with Gasteiger partial charge in [-0.05, 0) is 23.8 Å². The van der Waals surface area contributed by atoms with Crippen LogP contribution < -0.4 is 5.43 Å². The van der Waals surface area contributed by atoms with Gasteiger partial charge in [0.1, 0.15) is 0 Å². The monoisotopic (exact) mass is 261 g/mol. The largest absolute Gasteiger partial charge is 0.478 e. The van der Waals surface area contributed by atoms with Crippen LogP contribution in [0.2, 0.25) is 0 Å². The number of hydrogen-bond acceptors (Lipinski definition) is 5. The Bertz CT molecular complexity index is 580. The summed E-state index contributed by atoms with van der Waals surface area (Å²) in [6.45, 7) is 0.369. The molecule has 1 aliphatic rings. The first-order valence-corrected chi connectivity index (χ1v) is 5.39. The fourth-order valence-corrected chi connectivity index (χ4v) is 1.61. The van der Waals surface area contributed by atoms with Gasteiger partial charge in [0.05, 0.1) is 12.1 Å². The summed E-state index contributed by atoms with van der Waals surface area (Å²) in [5, 5.41) is 19.6. The maximum Gasteiger partial charge on any atom is 0.355 e. The van der Waals surface area contributed by atoms with Crippen molar-refractivity contribution in [2.45, 2.75) is 6.54 Å². The van der Waals surface area contributed by atoms with Crippen molar-refractivity contribution in [3.05, 3.63) is 53.6 Å². The van der Waals surface area contributed by atoms with Gasteiger partial charge in [-0.3, -0.25) is 5.01 Å². The zero-order valence-corrected chi connectivity index (χ0v) is 9.78. The minimum absolute atomic E-state index is 0.318. The Morgan fingerprint density at radius 1 is 1.26 bits per heavy atom. The van der Waals surface area contributed by atoms with E-state index in [4.69, 9.17) is 10.2 Å². The second kappa shape index (κ2) is 5.21. The van der Waals surface area contributed by atoms with Crippen molar-refractivity contribution < 1.29 is 19.8 Å². The Hall–Kier alpha value is -2.83. The van der Waals surface area contributed by atoms with Crippen molar-refractivity contribution in [3.63, 3.8) is 0 Å². The number of nitrogens with zero attached hydrogens (tertiary/aromatic N) is 2. The van der Waals surface area contributed by atoms with E-state index in [9.17, 15) is 9.59 Å². The third kappa shape index (κ3) is 2.89. The van der Waals surface area contributed by atoms with Crippen LogP contribution in [0.3, 0.4) is 0 Å². The topological polar surface area (TPSA) is 103 Å². The first-order valence-electron chi connectivity index (χ1n) is 5.39. The summed E-state index contributed by atoms with van der Waals surface area (Å²) in [4.78, 5) is 25.6. The fraction of sp³-hybridized carbons (Fsp3) is 0.0833. The van der Waals surface area contributed by atoms with Crippen LogP contribution in [0.5, 0.6) is 0 Å². The number of carbonyl (C=O) groups is 2. The second-order valence-electron chi connectivity index (χ2n) is 3.81. The molecular weight excluding hydrogens is 250 g/mol. The zero-order valence-electron chi connectivity index (χ0n) is 9.78. The average molecular weight is 261 g/mol. The Kier molecular flexibility index (Phi) is 3.46. The lowest BCUT2D eigenvalue weighted by molar-refractivity contribution is 0.0646. The lowest BCUT2D eigenvalue weighted by Crippen LogP contribution is -2.30. The molecule has 0 spiro atoms. The average Bonchev–Trinajstić information content (AvgIpc) is 2.39. The molecule has 3 N–H and O–H groups in total. The Labute approximate surface area is 108 Å². The first kappa shape index (κ1) is 12.6. The minimum atomic E-state index is -1.36. The Morgan fingerprint density at radius 3 is 2.63 bits per heavy atom. The highest BCUT2D eigenvalue weighted by Gasteiger charge is 2.18. The third-order valence-corrected chi connectivity index (χ3v) is 2.44. The summed E-state index contributed by atoms with van der Waals surface area (Å²) >= 11 is 0. The number of nitrogens with one attached hydrogen (secondary N) is 1. The molecule has 0 aromatic carbocycles. The summed E-state index contributed by atoms with van der Waals surface area (Å²) in [7, 11) is 0. The molecule has 1 aromatic rings. The summed E-state index contributed by atoms with van der Waals surface area (Å²) in [5.41, 5.74) is 2.74. The van der Waals surface area contributed by atoms with Crippen LogP contribution >= 0.6 is 0 Å². The van der Waals surface area contributed by atoms with Crippen LogP contribution in [0.25, 0.3) is 0 Å². The van der Waals surface area contributed by atoms with Gasteiger partial charge in [0.15, 0.2) is 5.69 Å². The number of hydrazine groups is 1. The fourth-order valence-electron chi connectivity index (χ4n) is 1.61. The lowest BCUT2D eigenvalue weighted by atomic mass is 10.1. The summed E-state index contributed by atoms with van der Waals surface area (Å²) in [5.74, 6) is -2.67. The number of carboxylic acid groups (broad SMARTS) is 2. The smallest absolute Gasteiger partial charge is 0.355 e. The van der Waals surface area contributed by atoms with Crippen LogP contribution in [-0.2, 0) is 6.54 Å². The molecule has 2 heterocycles. The number of pyridine rings is 1. The maximum absolute atomic E-state index is 11.0. The van der Waals surface area contributed by atoms with Crippen molar-refractivity contribution in [1.29, 1.82) is 0 Å². The molecule has 7 nitrogen and oxygen atoms in total. The molecule has 0 amide bonds. The molecule has 1 aromatic heterocycles. The van der Waals surface area contributed by atoms with Gasteiger partial charge in [-0.1, -0.05) is 0 Å². The molecule has 0 saturated carbocycles. The number of allylic oxidation sites excluding steroid dienone is 2. The van der Waals surface area contributed by atoms with Gasteiger partial charge in [-0.25, -0.2) is 14.6 Å². The van der Waals surface area contributed by atoms with Gasteiger partial charge in [-0.15, -0.1) is 0 Å². The van der Waals surface area contributed by atoms with Crippen LogP contribution in [0.1, 0.15) is 26.4 Å². The number of aromatic nitrogens is 1. The highest BCUT2D eigenvalue weighted by atomic mass is 16.4. The second-order valence-corrected chi connectivity index (χ2v) is 3.81. The molecule has 0 atom stereocenters. The van der Waals surface area contributed by atoms with Crippen molar-refractivity contribution in [2.24, 2.45) is 0 Å². The molecule has 0 aliphatic carbocycles. The standard InChI is InChI=1S/C12H11N3O4/c16-11(17)9-5-8(6-13-10(9)12(18)19)7-15-4-2-1-3-14-15/h1-6,14H,7H2,(H,16,17)(H,18,19). The Morgan fingerprint density at radius 2 is 2.05 bits per heavy atom. The van der Waals surface area contributed by atoms with E-state index in [1.807, 2.05) is 12.2 Å². The molecule has 19 heavy (non-hydrogen) atoms. The predicted molar refractivity (Wildman–Crippen MR) is 65.1 cm³/mol. The predicted octanol–water partition coefficient (Wildman–Crippen LogP) is 0.826. The molecule has 0 unspecified atom stereocenters. The normalized spacial score (nSPS) is 13.2. The van der Waals surface area contributed by atoms with E-state index in [-0.39, 0.29) is 5.56 Å². The molecule has 1 aliphatic heterocycles. The number of hydrogen-bond donors (Lipinski definition) is 3. The van der Waals surface area contributed by atoms with Gasteiger partial charge < -0.3 is 15.6 Å². The molecule has 0 saturated heterocycles. The summed E-state index contributed by atoms with van der Waals surface area (Å²) in [6, 6.07) is 1.31. The van der Waals surface area contributed by atoms with E-state index >= 15 is 0 Å². The van der Waals surface area contributed by atoms with Crippen molar-refractivity contribution in [2.75, 3.05) is 0 Å². The molecule has 2 rings (SSSR count). The van der Waals surface area contributed by atoms with Crippen molar-refractivity contribution >= 4 is 11.9 Å². The van der Waals surface area contributed by atoms with Crippen LogP contribution in [0.15, 0.2) is 36.8 Å². The van der Waals surface area contributed by atoms with Crippen LogP contribution in [-0.4, -0.2) is 32.1 Å². The summed E-state index contributed by atoms with van der Waals surface area (Å²) < 4.78 is 0. The van der Waals surface area contributed by atoms with Crippen LogP contribution in [0, 0.1) is 0 Å². The van der Waals surface area contributed by atoms with Gasteiger partial charge >= 0.3 is 11.9 Å². The summed E-state index contributed by atoms with van der Waals surface area (Å²) in [6.07, 6.45) is 8.46. The molecular formula is C12H11N3O4. The quantitative estimate of drug-likeness (QED) is 0.737. The maximum atomic E-state index is 11.0. The Balaban J connectivity index is 2.25. The number of rotatable bonds is 4. The molecule has 0 radical (unpaired) electrons. The number of aromatic carboxylic acids is 2. The van der Waals surface area contributed by atoms with E-state index in [2.05, 4.69) is 10.4 Å². The molecule has 0 bridgehead atoms. The third-order valence-electron chi connectivity index (χ3n) is 2.44. The first-order chi connectivity index (χ1) is 9.08. The van der Waals surface area contributed by atoms with E-state index in [0.717, 1.165) is 0 Å². The molecule has 98 valence electrons. The zero-order chi connectivity index (χ0) is 13.8. The molecule has 7 heteroatoms. The number of carboxylic acids is 2. The highest BCUT2D eigenvalue weighted by Crippen LogP contribution is 2.12. The van der Waals surface area contributed by atoms with E-state index in [0.29, 0.717) is 12.1 Å². The van der Waals surface area contributed by atoms with E-state index < -0.39 is 17.6 Å². The van der Waals surface area contributed by atoms with E-state index in [1.165, 1.54) is 12.3 Å². The van der Waals surface area contributed by atoms with Crippen LogP contribution in [0.4, 0.5) is 0 Å². The minimum Gasteiger partial charge on any atom is -0.478 e. The van der Waals surface area contributed by atoms with Gasteiger partial charge in [-0.2, -0.15) is 0 Å². The SMILES string of the molecule is O=C(O)c1cc(CN2C=CC=CN2)cnc1C(=O)O. The molecule has 0 fully saturated rings. The van der Waals surface area contributed by atoms with Gasteiger partial charge in [0.2, 0.25) is 0 Å². The van der Waals surface area contributed by atoms with Crippen molar-refractivity contribution in [3.8, 4) is 0 Å². The van der Waals surface area contributed by atoms with Gasteiger partial charge in [0, 0.05) is 18.6 Å². The highest BCUT2D eigenvalue weighted by molar-refractivity contribution is 6.00. The van der Waals surface area contributed by atoms with Gasteiger partial charge in [0.25, 0.3) is 0 Å². The lowest BCUT2D eigenvalue weighted by Gasteiger charge is -2.22.